The number of phenolic OH excluding ortho intramolecular Hbond substituents is 1. The van der Waals surface area contributed by atoms with E-state index in [2.05, 4.69) is 0 Å². The van der Waals surface area contributed by atoms with E-state index in [0.29, 0.717) is 6.07 Å². The largest absolute Gasteiger partial charge is 0.504 e. The van der Waals surface area contributed by atoms with E-state index in [1.807, 2.05) is 0 Å². The van der Waals surface area contributed by atoms with E-state index >= 15 is 0 Å². The van der Waals surface area contributed by atoms with Crippen LogP contribution in [0.25, 0.3) is 0 Å². The minimum absolute atomic E-state index is 0.384. The molecule has 3 nitrogen and oxygen atoms in total. The lowest BCUT2D eigenvalue weighted by Gasteiger charge is -2.01. The molecule has 0 unspecified atom stereocenters. The lowest BCUT2D eigenvalue weighted by atomic mass is 10.3. The minimum Gasteiger partial charge on any atom is -0.504 e. The Morgan fingerprint density at radius 2 is 1.92 bits per heavy atom. The number of phenols is 1. The molecule has 0 atom stereocenters. The maximum absolute atomic E-state index is 12.8. The lowest BCUT2D eigenvalue weighted by Crippen LogP contribution is -1.96. The first-order chi connectivity index (χ1) is 5.84. The van der Waals surface area contributed by atoms with Gasteiger partial charge in [0.2, 0.25) is 0 Å². The smallest absolute Gasteiger partial charge is 0.335 e. The molecule has 0 aromatic heterocycles. The van der Waals surface area contributed by atoms with E-state index in [1.165, 1.54) is 0 Å². The van der Waals surface area contributed by atoms with Crippen molar-refractivity contribution in [1.29, 1.82) is 0 Å². The fraction of sp³-hybridized carbons (Fsp3) is 0. The summed E-state index contributed by atoms with van der Waals surface area (Å²) in [6.45, 7) is 0. The first-order valence-electron chi connectivity index (χ1n) is 2.95. The van der Waals surface area contributed by atoms with Gasteiger partial charge in [-0.1, -0.05) is 11.6 Å². The third kappa shape index (κ3) is 1.89. The van der Waals surface area contributed by atoms with Gasteiger partial charge < -0.3 is 5.11 Å². The van der Waals surface area contributed by atoms with Crippen LogP contribution in [0.15, 0.2) is 17.0 Å². The Morgan fingerprint density at radius 1 is 1.38 bits per heavy atom. The number of halogens is 3. The molecule has 1 aromatic rings. The van der Waals surface area contributed by atoms with Gasteiger partial charge in [-0.05, 0) is 12.1 Å². The Hall–Kier alpha value is -0.880. The average molecular weight is 229 g/mol. The van der Waals surface area contributed by atoms with Gasteiger partial charge in [0.25, 0.3) is 0 Å². The van der Waals surface area contributed by atoms with Gasteiger partial charge in [-0.2, -0.15) is 8.42 Å². The molecule has 0 aliphatic rings. The first-order valence-corrected chi connectivity index (χ1v) is 4.72. The van der Waals surface area contributed by atoms with Gasteiger partial charge in [0, 0.05) is 0 Å². The molecule has 0 bridgehead atoms. The summed E-state index contributed by atoms with van der Waals surface area (Å²) in [5.41, 5.74) is 0. The second-order valence-corrected chi connectivity index (χ2v) is 3.87. The van der Waals surface area contributed by atoms with Crippen molar-refractivity contribution in [3.63, 3.8) is 0 Å². The van der Waals surface area contributed by atoms with Crippen LogP contribution >= 0.6 is 11.6 Å². The Balaban J connectivity index is 3.53. The van der Waals surface area contributed by atoms with Crippen molar-refractivity contribution < 1.29 is 21.8 Å². The van der Waals surface area contributed by atoms with Crippen molar-refractivity contribution in [2.75, 3.05) is 0 Å². The molecule has 0 heterocycles. The number of hydrogen-bond acceptors (Lipinski definition) is 3. The van der Waals surface area contributed by atoms with E-state index in [4.69, 9.17) is 16.7 Å². The standard InChI is InChI=1S/C6H3ClF2O3S/c7-3-1-2-4(13(9,11)12)5(8)6(3)10/h1-2,10H. The molecule has 0 radical (unpaired) electrons. The molecule has 1 rings (SSSR count). The van der Waals surface area contributed by atoms with Gasteiger partial charge in [0.15, 0.2) is 11.6 Å². The Bertz CT molecular complexity index is 443. The Morgan fingerprint density at radius 3 is 2.38 bits per heavy atom. The van der Waals surface area contributed by atoms with Crippen LogP contribution in [0, 0.1) is 5.82 Å². The Labute approximate surface area is 77.8 Å². The molecule has 0 saturated carbocycles. The monoisotopic (exact) mass is 228 g/mol. The van der Waals surface area contributed by atoms with Crippen LogP contribution < -0.4 is 0 Å². The van der Waals surface area contributed by atoms with Crippen LogP contribution in [0.3, 0.4) is 0 Å². The van der Waals surface area contributed by atoms with Crippen LogP contribution in [0.5, 0.6) is 5.75 Å². The average Bonchev–Trinajstić information content (AvgIpc) is 1.98. The summed E-state index contributed by atoms with van der Waals surface area (Å²) in [6, 6.07) is 1.51. The van der Waals surface area contributed by atoms with Gasteiger partial charge in [0.05, 0.1) is 5.02 Å². The molecule has 0 aliphatic carbocycles. The second-order valence-electron chi connectivity index (χ2n) is 2.15. The van der Waals surface area contributed by atoms with Gasteiger partial charge in [-0.25, -0.2) is 4.39 Å². The van der Waals surface area contributed by atoms with Crippen LogP contribution in [0.1, 0.15) is 0 Å². The quantitative estimate of drug-likeness (QED) is 0.747. The highest BCUT2D eigenvalue weighted by Gasteiger charge is 2.21. The number of benzene rings is 1. The number of rotatable bonds is 1. The van der Waals surface area contributed by atoms with Gasteiger partial charge >= 0.3 is 10.2 Å². The number of hydrogen-bond donors (Lipinski definition) is 1. The van der Waals surface area contributed by atoms with E-state index in [0.717, 1.165) is 6.07 Å². The second kappa shape index (κ2) is 3.12. The highest BCUT2D eigenvalue weighted by atomic mass is 35.5. The predicted molar refractivity (Wildman–Crippen MR) is 41.4 cm³/mol. The maximum Gasteiger partial charge on any atom is 0.335 e. The molecule has 1 aromatic carbocycles. The third-order valence-electron chi connectivity index (χ3n) is 1.29. The van der Waals surface area contributed by atoms with Gasteiger partial charge in [-0.3, -0.25) is 0 Å². The molecule has 1 N–H and O–H groups in total. The fourth-order valence-corrected chi connectivity index (χ4v) is 1.40. The molecule has 7 heteroatoms. The van der Waals surface area contributed by atoms with Crippen LogP contribution in [0.2, 0.25) is 5.02 Å². The molecule has 0 aliphatic heterocycles. The van der Waals surface area contributed by atoms with Crippen molar-refractivity contribution in [2.24, 2.45) is 0 Å². The predicted octanol–water partition coefficient (Wildman–Crippen LogP) is 1.84. The molecule has 72 valence electrons. The molecule has 0 amide bonds. The molecule has 13 heavy (non-hydrogen) atoms. The van der Waals surface area contributed by atoms with Crippen molar-refractivity contribution >= 4 is 21.8 Å². The molecule has 0 spiro atoms. The zero-order valence-corrected chi connectivity index (χ0v) is 7.53. The molecular weight excluding hydrogens is 226 g/mol. The highest BCUT2D eigenvalue weighted by molar-refractivity contribution is 7.86. The van der Waals surface area contributed by atoms with Gasteiger partial charge in [0.1, 0.15) is 4.90 Å². The third-order valence-corrected chi connectivity index (χ3v) is 2.44. The van der Waals surface area contributed by atoms with Gasteiger partial charge in [-0.15, -0.1) is 3.89 Å². The molecular formula is C6H3ClF2O3S. The summed E-state index contributed by atoms with van der Waals surface area (Å²) in [4.78, 5) is -1.23. The maximum atomic E-state index is 12.8. The van der Waals surface area contributed by atoms with E-state index in [1.54, 1.807) is 0 Å². The summed E-state index contributed by atoms with van der Waals surface area (Å²) in [6.07, 6.45) is 0. The summed E-state index contributed by atoms with van der Waals surface area (Å²) < 4.78 is 45.6. The summed E-state index contributed by atoms with van der Waals surface area (Å²) in [5, 5.41) is 8.43. The van der Waals surface area contributed by atoms with Crippen molar-refractivity contribution in [3.05, 3.63) is 23.0 Å². The normalized spacial score (nSPS) is 11.6. The zero-order valence-electron chi connectivity index (χ0n) is 5.96. The lowest BCUT2D eigenvalue weighted by molar-refractivity contribution is 0.421. The van der Waals surface area contributed by atoms with Crippen molar-refractivity contribution in [2.45, 2.75) is 4.90 Å². The SMILES string of the molecule is O=S(=O)(F)c1ccc(Cl)c(O)c1F. The van der Waals surface area contributed by atoms with Crippen molar-refractivity contribution in [3.8, 4) is 5.75 Å². The molecule has 0 saturated heterocycles. The van der Waals surface area contributed by atoms with Crippen LogP contribution in [-0.4, -0.2) is 13.5 Å². The van der Waals surface area contributed by atoms with Crippen LogP contribution in [-0.2, 0) is 10.2 Å². The fourth-order valence-electron chi connectivity index (χ4n) is 0.711. The number of aromatic hydroxyl groups is 1. The van der Waals surface area contributed by atoms with E-state index < -0.39 is 26.7 Å². The van der Waals surface area contributed by atoms with Crippen LogP contribution in [0.4, 0.5) is 8.28 Å². The molecule has 0 fully saturated rings. The van der Waals surface area contributed by atoms with E-state index in [-0.39, 0.29) is 5.02 Å². The van der Waals surface area contributed by atoms with E-state index in [9.17, 15) is 16.7 Å². The van der Waals surface area contributed by atoms with Crippen molar-refractivity contribution in [1.82, 2.24) is 0 Å². The first kappa shape index (κ1) is 10.2. The highest BCUT2D eigenvalue weighted by Crippen LogP contribution is 2.31. The summed E-state index contributed by atoms with van der Waals surface area (Å²) >= 11 is 5.23. The Kier molecular flexibility index (Phi) is 2.44. The summed E-state index contributed by atoms with van der Waals surface area (Å²) in [5.74, 6) is -2.67. The zero-order chi connectivity index (χ0) is 10.2. The summed E-state index contributed by atoms with van der Waals surface area (Å²) in [7, 11) is -5.17. The minimum atomic E-state index is -5.17. The topological polar surface area (TPSA) is 54.4 Å².